The normalized spacial score (nSPS) is 12.4. The first-order valence-corrected chi connectivity index (χ1v) is 8.19. The van der Waals surface area contributed by atoms with Gasteiger partial charge >= 0.3 is 5.97 Å². The van der Waals surface area contributed by atoms with Gasteiger partial charge in [-0.15, -0.1) is 0 Å². The lowest BCUT2D eigenvalue weighted by Gasteiger charge is -2.11. The molecule has 2 radical (unpaired) electrons. The first-order valence-electron chi connectivity index (χ1n) is 6.91. The lowest BCUT2D eigenvalue weighted by molar-refractivity contribution is -0.142. The highest BCUT2D eigenvalue weighted by molar-refractivity contribution is 6.36. The molecular weight excluding hydrogens is 266 g/mol. The molecule has 0 amide bonds. The average molecular weight is 290 g/mol. The zero-order chi connectivity index (χ0) is 14.5. The van der Waals surface area contributed by atoms with E-state index in [9.17, 15) is 13.6 Å². The molecule has 110 valence electrons. The Bertz CT molecular complexity index is 248. The van der Waals surface area contributed by atoms with Gasteiger partial charge in [0.1, 0.15) is 9.52 Å². The third kappa shape index (κ3) is 13.5. The van der Waals surface area contributed by atoms with Crippen LogP contribution in [0.3, 0.4) is 0 Å². The molecule has 0 aromatic rings. The highest BCUT2D eigenvalue weighted by Crippen LogP contribution is 2.11. The minimum atomic E-state index is -2.13. The fourth-order valence-corrected chi connectivity index (χ4v) is 2.45. The van der Waals surface area contributed by atoms with Crippen molar-refractivity contribution in [3.8, 4) is 0 Å². The third-order valence-electron chi connectivity index (χ3n) is 2.82. The van der Waals surface area contributed by atoms with Crippen LogP contribution in [0.2, 0.25) is 6.04 Å². The summed E-state index contributed by atoms with van der Waals surface area (Å²) in [7, 11) is -0.195. The number of rotatable bonds is 12. The molecule has 2 nitrogen and oxygen atoms in total. The van der Waals surface area contributed by atoms with Gasteiger partial charge in [-0.05, 0) is 19.8 Å². The molecule has 0 N–H and O–H groups in total. The standard InChI is InChI=1S/C14H24F2O2Si/c1-3-13(17)18-12(2)10-8-6-4-5-7-9-11-19-14(15)16/h3,12,14H,1,4-11H2,2H3. The summed E-state index contributed by atoms with van der Waals surface area (Å²) in [6.45, 7) is 5.23. The van der Waals surface area contributed by atoms with Crippen molar-refractivity contribution < 1.29 is 18.3 Å². The Morgan fingerprint density at radius 1 is 1.21 bits per heavy atom. The van der Waals surface area contributed by atoms with E-state index in [4.69, 9.17) is 4.74 Å². The van der Waals surface area contributed by atoms with E-state index in [1.165, 1.54) is 6.08 Å². The number of hydrogen-bond donors (Lipinski definition) is 0. The van der Waals surface area contributed by atoms with Crippen LogP contribution in [0.1, 0.15) is 51.9 Å². The van der Waals surface area contributed by atoms with E-state index in [1.807, 2.05) is 6.92 Å². The van der Waals surface area contributed by atoms with Crippen molar-refractivity contribution in [1.29, 1.82) is 0 Å². The third-order valence-corrected chi connectivity index (χ3v) is 3.77. The molecule has 0 aliphatic rings. The van der Waals surface area contributed by atoms with Crippen LogP contribution in [0.25, 0.3) is 0 Å². The molecule has 0 fully saturated rings. The summed E-state index contributed by atoms with van der Waals surface area (Å²) in [4.78, 5) is 10.9. The fourth-order valence-electron chi connectivity index (χ4n) is 1.78. The maximum absolute atomic E-state index is 11.9. The van der Waals surface area contributed by atoms with Crippen molar-refractivity contribution in [2.75, 3.05) is 0 Å². The van der Waals surface area contributed by atoms with Gasteiger partial charge in [0.25, 0.3) is 0 Å². The summed E-state index contributed by atoms with van der Waals surface area (Å²) in [6, 6.07) is -1.47. The second-order valence-electron chi connectivity index (χ2n) is 4.62. The van der Waals surface area contributed by atoms with Crippen LogP contribution >= 0.6 is 0 Å². The Balaban J connectivity index is 3.22. The monoisotopic (exact) mass is 290 g/mol. The Kier molecular flexibility index (Phi) is 11.9. The fraction of sp³-hybridized carbons (Fsp3) is 0.786. The van der Waals surface area contributed by atoms with Crippen LogP contribution < -0.4 is 0 Å². The molecule has 0 aliphatic carbocycles. The molecular formula is C14H24F2O2Si. The lowest BCUT2D eigenvalue weighted by Crippen LogP contribution is -2.12. The Morgan fingerprint density at radius 3 is 2.37 bits per heavy atom. The second-order valence-corrected chi connectivity index (χ2v) is 5.96. The molecule has 0 saturated heterocycles. The van der Waals surface area contributed by atoms with E-state index in [-0.39, 0.29) is 21.6 Å². The molecule has 0 rings (SSSR count). The van der Waals surface area contributed by atoms with E-state index in [0.717, 1.165) is 44.9 Å². The molecule has 1 unspecified atom stereocenters. The van der Waals surface area contributed by atoms with Crippen LogP contribution in [0.15, 0.2) is 12.7 Å². The maximum Gasteiger partial charge on any atom is 0.330 e. The molecule has 19 heavy (non-hydrogen) atoms. The zero-order valence-corrected chi connectivity index (χ0v) is 12.7. The summed E-state index contributed by atoms with van der Waals surface area (Å²) in [5, 5.41) is 0. The molecule has 5 heteroatoms. The number of carbonyl (C=O) groups is 1. The van der Waals surface area contributed by atoms with Gasteiger partial charge in [-0.2, -0.15) is 0 Å². The largest absolute Gasteiger partial charge is 0.460 e. The number of ether oxygens (including phenoxy) is 1. The van der Waals surface area contributed by atoms with E-state index >= 15 is 0 Å². The van der Waals surface area contributed by atoms with Gasteiger partial charge in [-0.1, -0.05) is 44.7 Å². The van der Waals surface area contributed by atoms with Crippen molar-refractivity contribution in [3.63, 3.8) is 0 Å². The number of hydrogen-bond acceptors (Lipinski definition) is 2. The van der Waals surface area contributed by atoms with Crippen LogP contribution in [0, 0.1) is 0 Å². The Hall–Kier alpha value is -0.713. The summed E-state index contributed by atoms with van der Waals surface area (Å²) in [6.07, 6.45) is 8.31. The number of carbonyl (C=O) groups excluding carboxylic acids is 1. The van der Waals surface area contributed by atoms with Crippen LogP contribution in [-0.4, -0.2) is 27.6 Å². The molecule has 0 aromatic carbocycles. The van der Waals surface area contributed by atoms with Gasteiger partial charge in [-0.3, -0.25) is 0 Å². The first-order chi connectivity index (χ1) is 9.06. The van der Waals surface area contributed by atoms with Crippen molar-refractivity contribution in [2.24, 2.45) is 0 Å². The van der Waals surface area contributed by atoms with Gasteiger partial charge in [-0.25, -0.2) is 13.6 Å². The number of esters is 1. The van der Waals surface area contributed by atoms with Gasteiger partial charge in [0.2, 0.25) is 6.05 Å². The molecule has 0 aromatic heterocycles. The predicted octanol–water partition coefficient (Wildman–Crippen LogP) is 4.18. The van der Waals surface area contributed by atoms with Crippen LogP contribution in [0.5, 0.6) is 0 Å². The molecule has 1 atom stereocenters. The van der Waals surface area contributed by atoms with Crippen LogP contribution in [0.4, 0.5) is 8.78 Å². The number of unbranched alkanes of at least 4 members (excludes halogenated alkanes) is 5. The van der Waals surface area contributed by atoms with Gasteiger partial charge in [0, 0.05) is 6.08 Å². The highest BCUT2D eigenvalue weighted by atomic mass is 28.2. The molecule has 0 spiro atoms. The van der Waals surface area contributed by atoms with Crippen molar-refractivity contribution in [2.45, 2.75) is 70.1 Å². The first kappa shape index (κ1) is 18.3. The van der Waals surface area contributed by atoms with Crippen molar-refractivity contribution in [3.05, 3.63) is 12.7 Å². The minimum absolute atomic E-state index is 0.0576. The molecule has 0 bridgehead atoms. The molecule has 0 aliphatic heterocycles. The average Bonchev–Trinajstić information content (AvgIpc) is 2.36. The SMILES string of the molecule is C=CC(=O)OC(C)CCCCCCCC[Si]C(F)F. The van der Waals surface area contributed by atoms with E-state index < -0.39 is 6.05 Å². The zero-order valence-electron chi connectivity index (χ0n) is 11.7. The highest BCUT2D eigenvalue weighted by Gasteiger charge is 2.06. The lowest BCUT2D eigenvalue weighted by atomic mass is 10.1. The van der Waals surface area contributed by atoms with Crippen molar-refractivity contribution >= 4 is 15.5 Å². The molecule has 0 saturated carbocycles. The van der Waals surface area contributed by atoms with Gasteiger partial charge < -0.3 is 4.74 Å². The van der Waals surface area contributed by atoms with Crippen molar-refractivity contribution in [1.82, 2.24) is 0 Å². The topological polar surface area (TPSA) is 26.3 Å². The summed E-state index contributed by atoms with van der Waals surface area (Å²) < 4.78 is 28.8. The predicted molar refractivity (Wildman–Crippen MR) is 74.6 cm³/mol. The Labute approximate surface area is 117 Å². The van der Waals surface area contributed by atoms with E-state index in [1.54, 1.807) is 0 Å². The Morgan fingerprint density at radius 2 is 1.79 bits per heavy atom. The van der Waals surface area contributed by atoms with Gasteiger partial charge in [0.05, 0.1) is 6.10 Å². The van der Waals surface area contributed by atoms with E-state index in [2.05, 4.69) is 6.58 Å². The summed E-state index contributed by atoms with van der Waals surface area (Å²) in [5.41, 5.74) is 0. The minimum Gasteiger partial charge on any atom is -0.460 e. The van der Waals surface area contributed by atoms with Gasteiger partial charge in [0.15, 0.2) is 0 Å². The number of alkyl halides is 2. The second kappa shape index (κ2) is 12.3. The maximum atomic E-state index is 11.9. The number of halogens is 2. The molecule has 0 heterocycles. The van der Waals surface area contributed by atoms with E-state index in [0.29, 0.717) is 6.04 Å². The van der Waals surface area contributed by atoms with Crippen LogP contribution in [-0.2, 0) is 9.53 Å². The summed E-state index contributed by atoms with van der Waals surface area (Å²) >= 11 is 0. The summed E-state index contributed by atoms with van der Waals surface area (Å²) in [5.74, 6) is -0.368. The smallest absolute Gasteiger partial charge is 0.330 e. The quantitative estimate of drug-likeness (QED) is 0.233.